The monoisotopic (exact) mass is 409 g/mol. The summed E-state index contributed by atoms with van der Waals surface area (Å²) in [4.78, 5) is 29.0. The van der Waals surface area contributed by atoms with Gasteiger partial charge in [0.2, 0.25) is 12.7 Å². The third-order valence-electron chi connectivity index (χ3n) is 5.34. The zero-order valence-electron chi connectivity index (χ0n) is 17.4. The number of benzene rings is 2. The van der Waals surface area contributed by atoms with Gasteiger partial charge in [0, 0.05) is 49.5 Å². The largest absolute Gasteiger partial charge is 0.454 e. The van der Waals surface area contributed by atoms with E-state index in [0.717, 1.165) is 37.6 Å². The fraction of sp³-hybridized carbons (Fsp3) is 0.391. The molecule has 0 spiro atoms. The summed E-state index contributed by atoms with van der Waals surface area (Å²) < 4.78 is 10.6. The summed E-state index contributed by atoms with van der Waals surface area (Å²) in [5.41, 5.74) is 2.34. The van der Waals surface area contributed by atoms with Gasteiger partial charge in [-0.1, -0.05) is 13.8 Å². The Morgan fingerprint density at radius 1 is 0.967 bits per heavy atom. The van der Waals surface area contributed by atoms with E-state index in [1.165, 1.54) is 0 Å². The molecule has 2 aromatic carbocycles. The van der Waals surface area contributed by atoms with Crippen molar-refractivity contribution in [2.24, 2.45) is 5.92 Å². The zero-order chi connectivity index (χ0) is 21.1. The normalized spacial score (nSPS) is 15.4. The minimum atomic E-state index is -0.196. The summed E-state index contributed by atoms with van der Waals surface area (Å²) in [7, 11) is 0. The molecule has 2 aliphatic heterocycles. The van der Waals surface area contributed by atoms with Crippen LogP contribution in [0.1, 0.15) is 30.6 Å². The first-order valence-corrected chi connectivity index (χ1v) is 10.3. The lowest BCUT2D eigenvalue weighted by molar-refractivity contribution is -0.132. The van der Waals surface area contributed by atoms with E-state index in [2.05, 4.69) is 24.1 Å². The SMILES string of the molecule is CC(C)CC(=O)N1CCN(c2ccc(NC(=O)c3ccc4c(c3)OCO4)cc2)CC1. The highest BCUT2D eigenvalue weighted by atomic mass is 16.7. The average molecular weight is 409 g/mol. The van der Waals surface area contributed by atoms with Crippen molar-refractivity contribution in [3.63, 3.8) is 0 Å². The molecule has 0 aromatic heterocycles. The topological polar surface area (TPSA) is 71.1 Å². The number of carbonyl (C=O) groups excluding carboxylic acids is 2. The second kappa shape index (κ2) is 8.65. The summed E-state index contributed by atoms with van der Waals surface area (Å²) in [5, 5.41) is 2.91. The molecular weight excluding hydrogens is 382 g/mol. The highest BCUT2D eigenvalue weighted by Crippen LogP contribution is 2.32. The Balaban J connectivity index is 1.32. The van der Waals surface area contributed by atoms with E-state index in [4.69, 9.17) is 9.47 Å². The molecule has 0 bridgehead atoms. The number of hydrogen-bond donors (Lipinski definition) is 1. The lowest BCUT2D eigenvalue weighted by atomic mass is 10.1. The molecular formula is C23H27N3O4. The molecule has 0 unspecified atom stereocenters. The highest BCUT2D eigenvalue weighted by Gasteiger charge is 2.22. The van der Waals surface area contributed by atoms with Crippen LogP contribution in [-0.2, 0) is 4.79 Å². The van der Waals surface area contributed by atoms with Crippen molar-refractivity contribution in [2.75, 3.05) is 43.2 Å². The number of nitrogens with one attached hydrogen (secondary N) is 1. The van der Waals surface area contributed by atoms with Crippen molar-refractivity contribution in [3.05, 3.63) is 48.0 Å². The van der Waals surface area contributed by atoms with E-state index in [0.29, 0.717) is 29.4 Å². The molecule has 1 saturated heterocycles. The van der Waals surface area contributed by atoms with Crippen molar-refractivity contribution < 1.29 is 19.1 Å². The Bertz CT molecular complexity index is 919. The van der Waals surface area contributed by atoms with Crippen molar-refractivity contribution >= 4 is 23.2 Å². The van der Waals surface area contributed by atoms with Gasteiger partial charge in [0.1, 0.15) is 0 Å². The van der Waals surface area contributed by atoms with Crippen LogP contribution in [0.3, 0.4) is 0 Å². The van der Waals surface area contributed by atoms with Gasteiger partial charge in [-0.25, -0.2) is 0 Å². The van der Waals surface area contributed by atoms with Crippen LogP contribution in [0.2, 0.25) is 0 Å². The van der Waals surface area contributed by atoms with Crippen molar-refractivity contribution in [1.82, 2.24) is 4.90 Å². The fourth-order valence-corrected chi connectivity index (χ4v) is 3.69. The predicted molar refractivity (Wildman–Crippen MR) is 115 cm³/mol. The summed E-state index contributed by atoms with van der Waals surface area (Å²) in [6, 6.07) is 12.9. The standard InChI is InChI=1S/C23H27N3O4/c1-16(2)13-22(27)26-11-9-25(10-12-26)19-6-4-18(5-7-19)24-23(28)17-3-8-20-21(14-17)30-15-29-20/h3-8,14,16H,9-13,15H2,1-2H3,(H,24,28). The number of ether oxygens (including phenoxy) is 2. The Morgan fingerprint density at radius 3 is 2.37 bits per heavy atom. The molecule has 0 atom stereocenters. The molecule has 7 nitrogen and oxygen atoms in total. The molecule has 1 fully saturated rings. The van der Waals surface area contributed by atoms with Crippen LogP contribution in [0.15, 0.2) is 42.5 Å². The highest BCUT2D eigenvalue weighted by molar-refractivity contribution is 6.04. The maximum absolute atomic E-state index is 12.5. The van der Waals surface area contributed by atoms with E-state index in [-0.39, 0.29) is 18.6 Å². The molecule has 2 aromatic rings. The molecule has 0 aliphatic carbocycles. The maximum Gasteiger partial charge on any atom is 0.255 e. The first kappa shape index (κ1) is 20.1. The van der Waals surface area contributed by atoms with E-state index in [1.54, 1.807) is 18.2 Å². The molecule has 0 saturated carbocycles. The molecule has 158 valence electrons. The Kier molecular flexibility index (Phi) is 5.79. The molecule has 2 aliphatic rings. The summed E-state index contributed by atoms with van der Waals surface area (Å²) in [6.07, 6.45) is 0.609. The Hall–Kier alpha value is -3.22. The third-order valence-corrected chi connectivity index (χ3v) is 5.34. The third kappa shape index (κ3) is 4.50. The van der Waals surface area contributed by atoms with Crippen molar-refractivity contribution in [1.29, 1.82) is 0 Å². The van der Waals surface area contributed by atoms with E-state index >= 15 is 0 Å². The number of anilines is 2. The number of hydrogen-bond acceptors (Lipinski definition) is 5. The number of piperazine rings is 1. The molecule has 1 N–H and O–H groups in total. The van der Waals surface area contributed by atoms with Gasteiger partial charge in [0.25, 0.3) is 5.91 Å². The van der Waals surface area contributed by atoms with E-state index < -0.39 is 0 Å². The lowest BCUT2D eigenvalue weighted by Crippen LogP contribution is -2.49. The first-order valence-electron chi connectivity index (χ1n) is 10.3. The van der Waals surface area contributed by atoms with Gasteiger partial charge in [0.15, 0.2) is 11.5 Å². The second-order valence-electron chi connectivity index (χ2n) is 8.03. The zero-order valence-corrected chi connectivity index (χ0v) is 17.4. The average Bonchev–Trinajstić information content (AvgIpc) is 3.22. The smallest absolute Gasteiger partial charge is 0.255 e. The Morgan fingerprint density at radius 2 is 1.67 bits per heavy atom. The summed E-state index contributed by atoms with van der Waals surface area (Å²) >= 11 is 0. The van der Waals surface area contributed by atoms with Crippen LogP contribution in [0.5, 0.6) is 11.5 Å². The van der Waals surface area contributed by atoms with Gasteiger partial charge >= 0.3 is 0 Å². The maximum atomic E-state index is 12.5. The molecule has 7 heteroatoms. The fourth-order valence-electron chi connectivity index (χ4n) is 3.69. The minimum Gasteiger partial charge on any atom is -0.454 e. The van der Waals surface area contributed by atoms with E-state index in [1.807, 2.05) is 29.2 Å². The lowest BCUT2D eigenvalue weighted by Gasteiger charge is -2.36. The molecule has 4 rings (SSSR count). The van der Waals surface area contributed by atoms with Crippen LogP contribution in [-0.4, -0.2) is 49.7 Å². The van der Waals surface area contributed by atoms with Crippen LogP contribution in [0, 0.1) is 5.92 Å². The summed E-state index contributed by atoms with van der Waals surface area (Å²) in [5.74, 6) is 1.67. The van der Waals surface area contributed by atoms with Gasteiger partial charge in [0.05, 0.1) is 0 Å². The number of carbonyl (C=O) groups is 2. The van der Waals surface area contributed by atoms with Gasteiger partial charge in [-0.15, -0.1) is 0 Å². The first-order chi connectivity index (χ1) is 14.5. The Labute approximate surface area is 176 Å². The summed E-state index contributed by atoms with van der Waals surface area (Å²) in [6.45, 7) is 7.44. The van der Waals surface area contributed by atoms with Crippen molar-refractivity contribution in [2.45, 2.75) is 20.3 Å². The van der Waals surface area contributed by atoms with Crippen molar-refractivity contribution in [3.8, 4) is 11.5 Å². The number of rotatable bonds is 5. The molecule has 2 heterocycles. The minimum absolute atomic E-state index is 0.183. The number of nitrogens with zero attached hydrogens (tertiary/aromatic N) is 2. The van der Waals surface area contributed by atoms with Gasteiger partial charge in [-0.3, -0.25) is 9.59 Å². The van der Waals surface area contributed by atoms with Gasteiger partial charge in [-0.2, -0.15) is 0 Å². The number of amides is 2. The van der Waals surface area contributed by atoms with Crippen LogP contribution in [0.4, 0.5) is 11.4 Å². The second-order valence-corrected chi connectivity index (χ2v) is 8.03. The van der Waals surface area contributed by atoms with E-state index in [9.17, 15) is 9.59 Å². The van der Waals surface area contributed by atoms with Gasteiger partial charge < -0.3 is 24.6 Å². The molecule has 2 amide bonds. The predicted octanol–water partition coefficient (Wildman–Crippen LogP) is 3.36. The van der Waals surface area contributed by atoms with Crippen LogP contribution < -0.4 is 19.7 Å². The van der Waals surface area contributed by atoms with Gasteiger partial charge in [-0.05, 0) is 48.4 Å². The number of fused-ring (bicyclic) bond motifs is 1. The molecule has 0 radical (unpaired) electrons. The molecule has 30 heavy (non-hydrogen) atoms. The quantitative estimate of drug-likeness (QED) is 0.820. The van der Waals surface area contributed by atoms with Crippen LogP contribution in [0.25, 0.3) is 0 Å². The van der Waals surface area contributed by atoms with Crippen LogP contribution >= 0.6 is 0 Å².